The largest absolute Gasteiger partial charge is 0.447 e. The molecule has 1 saturated heterocycles. The van der Waals surface area contributed by atoms with Crippen molar-refractivity contribution in [3.63, 3.8) is 0 Å². The van der Waals surface area contributed by atoms with Gasteiger partial charge in [-0.15, -0.1) is 0 Å². The predicted octanol–water partition coefficient (Wildman–Crippen LogP) is 1.72. The van der Waals surface area contributed by atoms with E-state index in [1.54, 1.807) is 18.2 Å². The van der Waals surface area contributed by atoms with E-state index in [2.05, 4.69) is 15.4 Å². The van der Waals surface area contributed by atoms with Crippen molar-refractivity contribution in [2.75, 3.05) is 6.61 Å². The first kappa shape index (κ1) is 13.0. The van der Waals surface area contributed by atoms with Crippen LogP contribution >= 0.6 is 23.2 Å². The molecule has 0 bridgehead atoms. The van der Waals surface area contributed by atoms with Gasteiger partial charge in [-0.3, -0.25) is 4.79 Å². The molecule has 0 saturated carbocycles. The average molecular weight is 289 g/mol. The van der Waals surface area contributed by atoms with Crippen molar-refractivity contribution < 1.29 is 14.3 Å². The third-order valence-electron chi connectivity index (χ3n) is 2.46. The van der Waals surface area contributed by atoms with E-state index in [1.165, 1.54) is 0 Å². The second kappa shape index (κ2) is 5.46. The molecule has 1 atom stereocenters. The number of ether oxygens (including phenoxy) is 1. The van der Waals surface area contributed by atoms with Crippen LogP contribution < -0.4 is 10.6 Å². The zero-order valence-electron chi connectivity index (χ0n) is 9.20. The van der Waals surface area contributed by atoms with Gasteiger partial charge in [0.05, 0.1) is 0 Å². The summed E-state index contributed by atoms with van der Waals surface area (Å²) in [5.41, 5.74) is 0.750. The molecule has 2 N–H and O–H groups in total. The minimum atomic E-state index is -0.649. The van der Waals surface area contributed by atoms with Gasteiger partial charge in [-0.1, -0.05) is 29.3 Å². The van der Waals surface area contributed by atoms with Gasteiger partial charge in [0.2, 0.25) is 5.91 Å². The smallest absolute Gasteiger partial charge is 0.407 e. The molecule has 1 aliphatic rings. The lowest BCUT2D eigenvalue weighted by Gasteiger charge is -2.10. The standard InChI is InChI=1S/C11H10Cl2N2O3/c12-7-2-1-6(8(13)3-7)4-14-10(16)9-5-18-11(17)15-9/h1-3,9H,4-5H2,(H,14,16)(H,15,17)/t9-/m0/s1. The van der Waals surface area contributed by atoms with Crippen molar-refractivity contribution in [1.29, 1.82) is 0 Å². The third-order valence-corrected chi connectivity index (χ3v) is 3.04. The molecule has 5 nitrogen and oxygen atoms in total. The van der Waals surface area contributed by atoms with E-state index in [0.717, 1.165) is 5.56 Å². The minimum Gasteiger partial charge on any atom is -0.447 e. The van der Waals surface area contributed by atoms with Crippen molar-refractivity contribution in [2.24, 2.45) is 0 Å². The Kier molecular flexibility index (Phi) is 3.93. The number of hydrogen-bond donors (Lipinski definition) is 2. The van der Waals surface area contributed by atoms with Crippen LogP contribution in [-0.2, 0) is 16.1 Å². The predicted molar refractivity (Wildman–Crippen MR) is 66.6 cm³/mol. The molecule has 18 heavy (non-hydrogen) atoms. The average Bonchev–Trinajstić information content (AvgIpc) is 2.74. The quantitative estimate of drug-likeness (QED) is 0.890. The molecular weight excluding hydrogens is 279 g/mol. The Morgan fingerprint density at radius 1 is 1.50 bits per heavy atom. The van der Waals surface area contributed by atoms with E-state index in [4.69, 9.17) is 23.2 Å². The number of cyclic esters (lactones) is 1. The fraction of sp³-hybridized carbons (Fsp3) is 0.273. The van der Waals surface area contributed by atoms with Gasteiger partial charge in [0.15, 0.2) is 0 Å². The van der Waals surface area contributed by atoms with E-state index in [9.17, 15) is 9.59 Å². The van der Waals surface area contributed by atoms with Gasteiger partial charge in [0, 0.05) is 16.6 Å². The number of amides is 2. The van der Waals surface area contributed by atoms with Gasteiger partial charge in [-0.25, -0.2) is 4.79 Å². The molecule has 0 aliphatic carbocycles. The number of rotatable bonds is 3. The van der Waals surface area contributed by atoms with Crippen LogP contribution in [0.1, 0.15) is 5.56 Å². The Morgan fingerprint density at radius 3 is 2.89 bits per heavy atom. The molecule has 1 aromatic rings. The molecule has 1 heterocycles. The fourth-order valence-corrected chi connectivity index (χ4v) is 1.97. The van der Waals surface area contributed by atoms with Crippen LogP contribution in [0.15, 0.2) is 18.2 Å². The van der Waals surface area contributed by atoms with Gasteiger partial charge in [0.25, 0.3) is 0 Å². The molecule has 7 heteroatoms. The zero-order chi connectivity index (χ0) is 13.1. The summed E-state index contributed by atoms with van der Waals surface area (Å²) in [4.78, 5) is 22.4. The molecule has 1 aromatic carbocycles. The van der Waals surface area contributed by atoms with Crippen molar-refractivity contribution in [1.82, 2.24) is 10.6 Å². The number of benzene rings is 1. The SMILES string of the molecule is O=C1N[C@H](C(=O)NCc2ccc(Cl)cc2Cl)CO1. The normalized spacial score (nSPS) is 18.1. The second-order valence-electron chi connectivity index (χ2n) is 3.75. The van der Waals surface area contributed by atoms with Gasteiger partial charge >= 0.3 is 6.09 Å². The van der Waals surface area contributed by atoms with Crippen LogP contribution in [0.4, 0.5) is 4.79 Å². The summed E-state index contributed by atoms with van der Waals surface area (Å²) in [6.45, 7) is 0.306. The molecule has 1 aliphatic heterocycles. The fourth-order valence-electron chi connectivity index (χ4n) is 1.50. The number of carbonyl (C=O) groups excluding carboxylic acids is 2. The third kappa shape index (κ3) is 3.05. The lowest BCUT2D eigenvalue weighted by molar-refractivity contribution is -0.122. The Hall–Kier alpha value is -1.46. The molecule has 2 amide bonds. The van der Waals surface area contributed by atoms with Crippen molar-refractivity contribution in [3.05, 3.63) is 33.8 Å². The Bertz CT molecular complexity index is 493. The molecule has 1 fully saturated rings. The topological polar surface area (TPSA) is 67.4 Å². The van der Waals surface area contributed by atoms with Crippen LogP contribution in [0.25, 0.3) is 0 Å². The van der Waals surface area contributed by atoms with Gasteiger partial charge in [-0.2, -0.15) is 0 Å². The van der Waals surface area contributed by atoms with E-state index in [1.807, 2.05) is 0 Å². The molecule has 0 spiro atoms. The highest BCUT2D eigenvalue weighted by atomic mass is 35.5. The molecule has 0 unspecified atom stereocenters. The highest BCUT2D eigenvalue weighted by Crippen LogP contribution is 2.20. The molecule has 2 rings (SSSR count). The number of alkyl carbamates (subject to hydrolysis) is 1. The maximum Gasteiger partial charge on any atom is 0.407 e. The van der Waals surface area contributed by atoms with Crippen molar-refractivity contribution in [2.45, 2.75) is 12.6 Å². The maximum absolute atomic E-state index is 11.7. The first-order chi connectivity index (χ1) is 8.56. The highest BCUT2D eigenvalue weighted by molar-refractivity contribution is 6.35. The number of nitrogens with one attached hydrogen (secondary N) is 2. The van der Waals surface area contributed by atoms with Gasteiger partial charge < -0.3 is 15.4 Å². The molecular formula is C11H10Cl2N2O3. The summed E-state index contributed by atoms with van der Waals surface area (Å²) < 4.78 is 4.62. The molecule has 0 aromatic heterocycles. The van der Waals surface area contributed by atoms with Crippen LogP contribution in [0.3, 0.4) is 0 Å². The van der Waals surface area contributed by atoms with Crippen LogP contribution in [0, 0.1) is 0 Å². The molecule has 0 radical (unpaired) electrons. The van der Waals surface area contributed by atoms with Crippen LogP contribution in [0.2, 0.25) is 10.0 Å². The summed E-state index contributed by atoms with van der Waals surface area (Å²) in [6.07, 6.45) is -0.584. The van der Waals surface area contributed by atoms with E-state index >= 15 is 0 Å². The molecule has 96 valence electrons. The van der Waals surface area contributed by atoms with Gasteiger partial charge in [-0.05, 0) is 17.7 Å². The highest BCUT2D eigenvalue weighted by Gasteiger charge is 2.28. The monoisotopic (exact) mass is 288 g/mol. The van der Waals surface area contributed by atoms with E-state index in [-0.39, 0.29) is 19.1 Å². The first-order valence-electron chi connectivity index (χ1n) is 5.21. The minimum absolute atomic E-state index is 0.0407. The van der Waals surface area contributed by atoms with Crippen molar-refractivity contribution >= 4 is 35.2 Å². The zero-order valence-corrected chi connectivity index (χ0v) is 10.7. The Morgan fingerprint density at radius 2 is 2.28 bits per heavy atom. The first-order valence-corrected chi connectivity index (χ1v) is 5.97. The summed E-state index contributed by atoms with van der Waals surface area (Å²) >= 11 is 11.7. The number of hydrogen-bond acceptors (Lipinski definition) is 3. The Labute approximate surface area is 113 Å². The summed E-state index contributed by atoms with van der Waals surface area (Å²) in [7, 11) is 0. The lowest BCUT2D eigenvalue weighted by atomic mass is 10.2. The summed E-state index contributed by atoms with van der Waals surface area (Å²) in [5.74, 6) is -0.313. The number of carbonyl (C=O) groups is 2. The van der Waals surface area contributed by atoms with Crippen LogP contribution in [0.5, 0.6) is 0 Å². The Balaban J connectivity index is 1.91. The van der Waals surface area contributed by atoms with Crippen molar-refractivity contribution in [3.8, 4) is 0 Å². The van der Waals surface area contributed by atoms with Crippen LogP contribution in [-0.4, -0.2) is 24.6 Å². The maximum atomic E-state index is 11.7. The van der Waals surface area contributed by atoms with E-state index in [0.29, 0.717) is 10.0 Å². The van der Waals surface area contributed by atoms with E-state index < -0.39 is 12.1 Å². The van der Waals surface area contributed by atoms with Gasteiger partial charge in [0.1, 0.15) is 12.6 Å². The lowest BCUT2D eigenvalue weighted by Crippen LogP contribution is -2.42. The summed E-state index contributed by atoms with van der Waals surface area (Å²) in [6, 6.07) is 4.37. The number of halogens is 2. The second-order valence-corrected chi connectivity index (χ2v) is 4.59. The summed E-state index contributed by atoms with van der Waals surface area (Å²) in [5, 5.41) is 6.06.